The second-order valence-corrected chi connectivity index (χ2v) is 6.72. The van der Waals surface area contributed by atoms with E-state index in [0.29, 0.717) is 16.6 Å². The second-order valence-electron chi connectivity index (χ2n) is 5.94. The van der Waals surface area contributed by atoms with Crippen molar-refractivity contribution < 1.29 is 4.74 Å². The maximum Gasteiger partial charge on any atom is 0.123 e. The molecule has 1 aliphatic heterocycles. The first-order valence-corrected chi connectivity index (χ1v) is 7.69. The van der Waals surface area contributed by atoms with Gasteiger partial charge in [0.05, 0.1) is 15.7 Å². The molecular weight excluding hydrogens is 305 g/mol. The van der Waals surface area contributed by atoms with Crippen LogP contribution in [0.15, 0.2) is 36.4 Å². The van der Waals surface area contributed by atoms with Gasteiger partial charge < -0.3 is 10.1 Å². The quantitative estimate of drug-likeness (QED) is 0.826. The van der Waals surface area contributed by atoms with E-state index in [1.807, 2.05) is 18.2 Å². The Bertz CT molecular complexity index is 682. The van der Waals surface area contributed by atoms with Gasteiger partial charge in [0.2, 0.25) is 0 Å². The van der Waals surface area contributed by atoms with E-state index in [1.165, 1.54) is 11.1 Å². The van der Waals surface area contributed by atoms with Gasteiger partial charge in [-0.3, -0.25) is 0 Å². The van der Waals surface area contributed by atoms with Crippen LogP contribution in [0.4, 0.5) is 5.69 Å². The third-order valence-corrected chi connectivity index (χ3v) is 4.38. The van der Waals surface area contributed by atoms with Gasteiger partial charge in [-0.1, -0.05) is 41.4 Å². The van der Waals surface area contributed by atoms with Crippen molar-refractivity contribution in [2.24, 2.45) is 0 Å². The molecule has 0 fully saturated rings. The van der Waals surface area contributed by atoms with E-state index in [2.05, 4.69) is 31.3 Å². The van der Waals surface area contributed by atoms with Gasteiger partial charge in [-0.05, 0) is 43.2 Å². The first kappa shape index (κ1) is 14.6. The molecule has 0 radical (unpaired) electrons. The summed E-state index contributed by atoms with van der Waals surface area (Å²) in [4.78, 5) is 0. The molecule has 0 aromatic heterocycles. The van der Waals surface area contributed by atoms with E-state index in [1.54, 1.807) is 6.07 Å². The Morgan fingerprint density at radius 3 is 2.81 bits per heavy atom. The van der Waals surface area contributed by atoms with Crippen LogP contribution in [0, 0.1) is 0 Å². The number of fused-ring (bicyclic) bond motifs is 1. The van der Waals surface area contributed by atoms with Crippen molar-refractivity contribution in [2.75, 3.05) is 5.32 Å². The molecule has 0 aliphatic carbocycles. The average molecular weight is 322 g/mol. The third kappa shape index (κ3) is 3.12. The van der Waals surface area contributed by atoms with E-state index in [-0.39, 0.29) is 5.60 Å². The predicted octanol–water partition coefficient (Wildman–Crippen LogP) is 5.32. The monoisotopic (exact) mass is 321 g/mol. The van der Waals surface area contributed by atoms with Gasteiger partial charge >= 0.3 is 0 Å². The lowest BCUT2D eigenvalue weighted by Gasteiger charge is -2.16. The number of nitrogens with one attached hydrogen (secondary N) is 1. The summed E-state index contributed by atoms with van der Waals surface area (Å²) in [6, 6.07) is 11.9. The lowest BCUT2D eigenvalue weighted by Crippen LogP contribution is -2.24. The normalized spacial score (nSPS) is 15.4. The predicted molar refractivity (Wildman–Crippen MR) is 88.6 cm³/mol. The highest BCUT2D eigenvalue weighted by Crippen LogP contribution is 2.35. The Labute approximate surface area is 135 Å². The largest absolute Gasteiger partial charge is 0.487 e. The van der Waals surface area contributed by atoms with Gasteiger partial charge in [0.25, 0.3) is 0 Å². The number of halogens is 2. The lowest BCUT2D eigenvalue weighted by molar-refractivity contribution is 0.138. The Morgan fingerprint density at radius 1 is 1.19 bits per heavy atom. The van der Waals surface area contributed by atoms with Gasteiger partial charge in [-0.25, -0.2) is 0 Å². The summed E-state index contributed by atoms with van der Waals surface area (Å²) in [5, 5.41) is 4.45. The molecule has 0 bridgehead atoms. The van der Waals surface area contributed by atoms with E-state index in [4.69, 9.17) is 27.9 Å². The summed E-state index contributed by atoms with van der Waals surface area (Å²) in [7, 11) is 0. The maximum atomic E-state index is 6.18. The van der Waals surface area contributed by atoms with E-state index < -0.39 is 0 Å². The second kappa shape index (κ2) is 5.43. The first-order chi connectivity index (χ1) is 9.94. The summed E-state index contributed by atoms with van der Waals surface area (Å²) < 4.78 is 5.89. The molecule has 0 atom stereocenters. The van der Waals surface area contributed by atoms with Gasteiger partial charge in [0.15, 0.2) is 0 Å². The SMILES string of the molecule is CC1(C)Cc2cc(CNc3cccc(Cl)c3Cl)ccc2O1. The maximum absolute atomic E-state index is 6.18. The van der Waals surface area contributed by atoms with Crippen molar-refractivity contribution in [1.82, 2.24) is 0 Å². The Balaban J connectivity index is 1.74. The van der Waals surface area contributed by atoms with Crippen molar-refractivity contribution in [2.45, 2.75) is 32.4 Å². The highest BCUT2D eigenvalue weighted by Gasteiger charge is 2.29. The molecule has 2 aromatic carbocycles. The molecule has 2 nitrogen and oxygen atoms in total. The Morgan fingerprint density at radius 2 is 2.00 bits per heavy atom. The van der Waals surface area contributed by atoms with Gasteiger partial charge in [0.1, 0.15) is 11.4 Å². The molecule has 1 heterocycles. The molecule has 4 heteroatoms. The van der Waals surface area contributed by atoms with Crippen LogP contribution in [0.25, 0.3) is 0 Å². The molecule has 0 unspecified atom stereocenters. The Kier molecular flexibility index (Phi) is 3.76. The number of rotatable bonds is 3. The summed E-state index contributed by atoms with van der Waals surface area (Å²) in [5.74, 6) is 0.990. The molecule has 1 aliphatic rings. The number of ether oxygens (including phenoxy) is 1. The summed E-state index contributed by atoms with van der Waals surface area (Å²) >= 11 is 12.2. The fraction of sp³-hybridized carbons (Fsp3) is 0.294. The van der Waals surface area contributed by atoms with Crippen LogP contribution in [-0.4, -0.2) is 5.60 Å². The molecule has 21 heavy (non-hydrogen) atoms. The molecule has 3 rings (SSSR count). The van der Waals surface area contributed by atoms with Crippen molar-refractivity contribution in [3.63, 3.8) is 0 Å². The molecule has 0 spiro atoms. The zero-order valence-corrected chi connectivity index (χ0v) is 13.6. The first-order valence-electron chi connectivity index (χ1n) is 6.93. The fourth-order valence-corrected chi connectivity index (χ4v) is 2.98. The zero-order valence-electron chi connectivity index (χ0n) is 12.0. The van der Waals surface area contributed by atoms with Crippen LogP contribution in [0.5, 0.6) is 5.75 Å². The number of hydrogen-bond donors (Lipinski definition) is 1. The highest BCUT2D eigenvalue weighted by molar-refractivity contribution is 6.43. The number of benzene rings is 2. The van der Waals surface area contributed by atoms with E-state index >= 15 is 0 Å². The molecular formula is C17H17Cl2NO. The van der Waals surface area contributed by atoms with Crippen LogP contribution in [0.3, 0.4) is 0 Å². The zero-order chi connectivity index (χ0) is 15.0. The van der Waals surface area contributed by atoms with E-state index in [0.717, 1.165) is 17.9 Å². The highest BCUT2D eigenvalue weighted by atomic mass is 35.5. The Hall–Kier alpha value is -1.38. The summed E-state index contributed by atoms with van der Waals surface area (Å²) in [6.07, 6.45) is 0.939. The summed E-state index contributed by atoms with van der Waals surface area (Å²) in [5.41, 5.74) is 3.20. The van der Waals surface area contributed by atoms with Crippen LogP contribution in [0.1, 0.15) is 25.0 Å². The minimum Gasteiger partial charge on any atom is -0.487 e. The summed E-state index contributed by atoms with van der Waals surface area (Å²) in [6.45, 7) is 4.92. The average Bonchev–Trinajstić information content (AvgIpc) is 2.73. The van der Waals surface area contributed by atoms with Crippen LogP contribution >= 0.6 is 23.2 Å². The lowest BCUT2D eigenvalue weighted by atomic mass is 10.0. The van der Waals surface area contributed by atoms with Gasteiger partial charge in [-0.2, -0.15) is 0 Å². The van der Waals surface area contributed by atoms with Crippen molar-refractivity contribution in [3.05, 3.63) is 57.6 Å². The molecule has 1 N–H and O–H groups in total. The molecule has 0 saturated heterocycles. The third-order valence-electron chi connectivity index (χ3n) is 3.56. The number of hydrogen-bond acceptors (Lipinski definition) is 2. The molecule has 0 amide bonds. The number of anilines is 1. The fourth-order valence-electron chi connectivity index (χ4n) is 2.61. The van der Waals surface area contributed by atoms with Crippen molar-refractivity contribution in [3.8, 4) is 5.75 Å². The van der Waals surface area contributed by atoms with Gasteiger partial charge in [-0.15, -0.1) is 0 Å². The van der Waals surface area contributed by atoms with Crippen LogP contribution in [0.2, 0.25) is 10.0 Å². The minimum absolute atomic E-state index is 0.106. The van der Waals surface area contributed by atoms with Crippen molar-refractivity contribution in [1.29, 1.82) is 0 Å². The van der Waals surface area contributed by atoms with E-state index in [9.17, 15) is 0 Å². The van der Waals surface area contributed by atoms with Crippen LogP contribution in [-0.2, 0) is 13.0 Å². The topological polar surface area (TPSA) is 21.3 Å². The van der Waals surface area contributed by atoms with Crippen molar-refractivity contribution >= 4 is 28.9 Å². The minimum atomic E-state index is -0.106. The standard InChI is InChI=1S/C17H17Cl2NO/c1-17(2)9-12-8-11(6-7-15(12)21-17)10-20-14-5-3-4-13(18)16(14)19/h3-8,20H,9-10H2,1-2H3. The molecule has 110 valence electrons. The molecule has 0 saturated carbocycles. The van der Waals surface area contributed by atoms with Crippen LogP contribution < -0.4 is 10.1 Å². The van der Waals surface area contributed by atoms with Gasteiger partial charge in [0, 0.05) is 13.0 Å². The molecule has 2 aromatic rings. The smallest absolute Gasteiger partial charge is 0.123 e.